The highest BCUT2D eigenvalue weighted by atomic mass is 32.1. The molecule has 6 heteroatoms. The first-order valence-electron chi connectivity index (χ1n) is 9.56. The van der Waals surface area contributed by atoms with E-state index in [4.69, 9.17) is 26.4 Å². The number of hydrogen-bond acceptors (Lipinski definition) is 4. The van der Waals surface area contributed by atoms with E-state index in [1.54, 1.807) is 14.2 Å². The lowest BCUT2D eigenvalue weighted by atomic mass is 9.92. The highest BCUT2D eigenvalue weighted by molar-refractivity contribution is 7.80. The summed E-state index contributed by atoms with van der Waals surface area (Å²) >= 11 is 5.56. The second-order valence-electron chi connectivity index (χ2n) is 6.73. The Hall–Kier alpha value is -2.47. The maximum absolute atomic E-state index is 6.16. The fourth-order valence-electron chi connectivity index (χ4n) is 3.59. The van der Waals surface area contributed by atoms with Crippen molar-refractivity contribution >= 4 is 17.3 Å². The number of nitrogens with zero attached hydrogens (tertiary/aromatic N) is 1. The molecule has 0 unspecified atom stereocenters. The minimum atomic E-state index is -0.00522. The number of hydrogen-bond donors (Lipinski definition) is 1. The average Bonchev–Trinajstić information content (AvgIpc) is 2.75. The number of benzene rings is 2. The van der Waals surface area contributed by atoms with Crippen molar-refractivity contribution in [3.05, 3.63) is 53.1 Å². The van der Waals surface area contributed by atoms with Crippen LogP contribution in [0.3, 0.4) is 0 Å². The van der Waals surface area contributed by atoms with E-state index in [0.29, 0.717) is 6.61 Å². The second kappa shape index (κ2) is 9.15. The maximum atomic E-state index is 6.16. The first-order valence-corrected chi connectivity index (χ1v) is 9.97. The van der Waals surface area contributed by atoms with E-state index >= 15 is 0 Å². The minimum absolute atomic E-state index is 0.00522. The molecule has 3 rings (SSSR count). The molecule has 2 aromatic carbocycles. The molecule has 0 aliphatic carbocycles. The molecule has 0 spiro atoms. The number of nitrogens with one attached hydrogen (secondary N) is 1. The molecule has 0 aromatic heterocycles. The summed E-state index contributed by atoms with van der Waals surface area (Å²) in [6.45, 7) is 3.47. The third kappa shape index (κ3) is 4.17. The fraction of sp³-hybridized carbons (Fsp3) is 0.409. The molecule has 1 N–H and O–H groups in total. The van der Waals surface area contributed by atoms with E-state index in [-0.39, 0.29) is 6.04 Å². The molecule has 1 atom stereocenters. The number of aryl methyl sites for hydroxylation is 1. The third-order valence-electron chi connectivity index (χ3n) is 5.22. The summed E-state index contributed by atoms with van der Waals surface area (Å²) in [6, 6.07) is 12.4. The van der Waals surface area contributed by atoms with Crippen molar-refractivity contribution in [2.45, 2.75) is 25.8 Å². The smallest absolute Gasteiger partial charge is 0.169 e. The SMILES string of the molecule is CCc1ccc(OC[C@H]2c3cc(OC)c(OC)cc3CCN2C(=S)NC)cc1. The summed E-state index contributed by atoms with van der Waals surface area (Å²) in [5, 5.41) is 3.82. The van der Waals surface area contributed by atoms with Crippen molar-refractivity contribution in [1.29, 1.82) is 0 Å². The molecule has 0 radical (unpaired) electrons. The molecule has 5 nitrogen and oxygen atoms in total. The lowest BCUT2D eigenvalue weighted by molar-refractivity contribution is 0.187. The van der Waals surface area contributed by atoms with Gasteiger partial charge < -0.3 is 24.4 Å². The van der Waals surface area contributed by atoms with Crippen LogP contribution >= 0.6 is 12.2 Å². The Bertz CT molecular complexity index is 823. The Morgan fingerprint density at radius 3 is 2.43 bits per heavy atom. The van der Waals surface area contributed by atoms with Gasteiger partial charge in [0.25, 0.3) is 0 Å². The van der Waals surface area contributed by atoms with E-state index in [1.807, 2.05) is 25.2 Å². The average molecular weight is 401 g/mol. The summed E-state index contributed by atoms with van der Waals surface area (Å²) in [7, 11) is 5.17. The predicted octanol–water partition coefficient (Wildman–Crippen LogP) is 3.75. The van der Waals surface area contributed by atoms with Crippen LogP contribution in [0.2, 0.25) is 0 Å². The van der Waals surface area contributed by atoms with E-state index < -0.39 is 0 Å². The lowest BCUT2D eigenvalue weighted by Crippen LogP contribution is -2.46. The molecule has 0 bridgehead atoms. The molecule has 0 amide bonds. The van der Waals surface area contributed by atoms with Crippen LogP contribution in [0.1, 0.15) is 29.7 Å². The molecule has 0 saturated heterocycles. The van der Waals surface area contributed by atoms with Crippen LogP contribution in [0.15, 0.2) is 36.4 Å². The van der Waals surface area contributed by atoms with Crippen LogP contribution in [-0.2, 0) is 12.8 Å². The van der Waals surface area contributed by atoms with Gasteiger partial charge in [-0.05, 0) is 66.0 Å². The molecule has 150 valence electrons. The van der Waals surface area contributed by atoms with E-state index in [9.17, 15) is 0 Å². The van der Waals surface area contributed by atoms with Crippen LogP contribution in [0, 0.1) is 0 Å². The number of fused-ring (bicyclic) bond motifs is 1. The van der Waals surface area contributed by atoms with Gasteiger partial charge in [-0.2, -0.15) is 0 Å². The van der Waals surface area contributed by atoms with Crippen molar-refractivity contribution in [2.24, 2.45) is 0 Å². The van der Waals surface area contributed by atoms with Gasteiger partial charge in [0.15, 0.2) is 16.6 Å². The molecule has 1 aliphatic heterocycles. The quantitative estimate of drug-likeness (QED) is 0.745. The van der Waals surface area contributed by atoms with E-state index in [1.165, 1.54) is 11.1 Å². The summed E-state index contributed by atoms with van der Waals surface area (Å²) in [4.78, 5) is 2.18. The van der Waals surface area contributed by atoms with E-state index in [2.05, 4.69) is 35.3 Å². The molecular formula is C22H28N2O3S. The van der Waals surface area contributed by atoms with Gasteiger partial charge in [0.05, 0.1) is 20.3 Å². The van der Waals surface area contributed by atoms with Crippen LogP contribution in [0.5, 0.6) is 17.2 Å². The largest absolute Gasteiger partial charge is 0.493 e. The Balaban J connectivity index is 1.90. The van der Waals surface area contributed by atoms with Crippen LogP contribution in [0.4, 0.5) is 0 Å². The highest BCUT2D eigenvalue weighted by Crippen LogP contribution is 2.38. The molecule has 1 heterocycles. The van der Waals surface area contributed by atoms with Crippen LogP contribution < -0.4 is 19.5 Å². The van der Waals surface area contributed by atoms with Crippen molar-refractivity contribution in [3.63, 3.8) is 0 Å². The molecule has 0 fully saturated rings. The zero-order chi connectivity index (χ0) is 20.1. The lowest BCUT2D eigenvalue weighted by Gasteiger charge is -2.39. The van der Waals surface area contributed by atoms with E-state index in [0.717, 1.165) is 47.3 Å². The van der Waals surface area contributed by atoms with Gasteiger partial charge >= 0.3 is 0 Å². The minimum Gasteiger partial charge on any atom is -0.493 e. The van der Waals surface area contributed by atoms with Gasteiger partial charge in [-0.1, -0.05) is 19.1 Å². The molecular weight excluding hydrogens is 372 g/mol. The van der Waals surface area contributed by atoms with Gasteiger partial charge in [0.1, 0.15) is 12.4 Å². The summed E-state index contributed by atoms with van der Waals surface area (Å²) in [5.74, 6) is 2.33. The van der Waals surface area contributed by atoms with Gasteiger partial charge in [-0.25, -0.2) is 0 Å². The Labute approximate surface area is 172 Å². The van der Waals surface area contributed by atoms with Gasteiger partial charge in [-0.3, -0.25) is 0 Å². The third-order valence-corrected chi connectivity index (χ3v) is 5.66. The topological polar surface area (TPSA) is 43.0 Å². The van der Waals surface area contributed by atoms with Crippen molar-refractivity contribution < 1.29 is 14.2 Å². The van der Waals surface area contributed by atoms with Gasteiger partial charge in [0, 0.05) is 13.6 Å². The Morgan fingerprint density at radius 2 is 1.82 bits per heavy atom. The van der Waals surface area contributed by atoms with Crippen LogP contribution in [0.25, 0.3) is 0 Å². The molecule has 28 heavy (non-hydrogen) atoms. The maximum Gasteiger partial charge on any atom is 0.169 e. The number of thiocarbonyl (C=S) groups is 1. The van der Waals surface area contributed by atoms with Crippen molar-refractivity contribution in [1.82, 2.24) is 10.2 Å². The number of rotatable bonds is 6. The summed E-state index contributed by atoms with van der Waals surface area (Å²) in [6.07, 6.45) is 1.90. The van der Waals surface area contributed by atoms with Crippen LogP contribution in [-0.4, -0.2) is 44.4 Å². The fourth-order valence-corrected chi connectivity index (χ4v) is 3.81. The normalized spacial score (nSPS) is 15.6. The number of methoxy groups -OCH3 is 2. The van der Waals surface area contributed by atoms with Crippen molar-refractivity contribution in [3.8, 4) is 17.2 Å². The van der Waals surface area contributed by atoms with Gasteiger partial charge in [0.2, 0.25) is 0 Å². The Morgan fingerprint density at radius 1 is 1.14 bits per heavy atom. The zero-order valence-corrected chi connectivity index (χ0v) is 17.8. The predicted molar refractivity (Wildman–Crippen MR) is 116 cm³/mol. The molecule has 2 aromatic rings. The summed E-state index contributed by atoms with van der Waals surface area (Å²) < 4.78 is 17.2. The highest BCUT2D eigenvalue weighted by Gasteiger charge is 2.31. The van der Waals surface area contributed by atoms with Gasteiger partial charge in [-0.15, -0.1) is 0 Å². The first-order chi connectivity index (χ1) is 13.6. The first kappa shape index (κ1) is 20.3. The second-order valence-corrected chi connectivity index (χ2v) is 7.12. The zero-order valence-electron chi connectivity index (χ0n) is 17.0. The van der Waals surface area contributed by atoms with Crippen molar-refractivity contribution in [2.75, 3.05) is 34.4 Å². The standard InChI is InChI=1S/C22H28N2O3S/c1-5-15-6-8-17(9-7-15)27-14-19-18-13-21(26-4)20(25-3)12-16(18)10-11-24(19)22(28)23-2/h6-9,12-13,19H,5,10-11,14H2,1-4H3,(H,23,28)/t19-/m0/s1. The molecule has 1 aliphatic rings. The summed E-state index contributed by atoms with van der Waals surface area (Å²) in [5.41, 5.74) is 3.69. The molecule has 0 saturated carbocycles. The monoisotopic (exact) mass is 400 g/mol. The Kier molecular flexibility index (Phi) is 6.62. The number of ether oxygens (including phenoxy) is 3.